The molecule has 0 radical (unpaired) electrons. The van der Waals surface area contributed by atoms with Crippen molar-refractivity contribution >= 4 is 11.9 Å². The van der Waals surface area contributed by atoms with E-state index in [9.17, 15) is 4.79 Å². The van der Waals surface area contributed by atoms with Crippen LogP contribution in [-0.2, 0) is 11.8 Å². The Morgan fingerprint density at radius 1 is 1.32 bits per heavy atom. The molecular formula is C19H27N5O. The molecule has 1 aromatic heterocycles. The van der Waals surface area contributed by atoms with Gasteiger partial charge in [0.1, 0.15) is 0 Å². The number of nitrogens with one attached hydrogen (secondary N) is 2. The molecule has 6 nitrogen and oxygen atoms in total. The minimum Gasteiger partial charge on any atom is -0.317 e. The molecule has 2 N–H and O–H groups in total. The molecule has 134 valence electrons. The zero-order valence-electron chi connectivity index (χ0n) is 15.0. The quantitative estimate of drug-likeness (QED) is 0.847. The minimum absolute atomic E-state index is 0.0111. The first-order valence-corrected chi connectivity index (χ1v) is 9.13. The third-order valence-electron chi connectivity index (χ3n) is 4.93. The van der Waals surface area contributed by atoms with E-state index in [1.807, 2.05) is 25.2 Å². The molecule has 1 aromatic carbocycles. The summed E-state index contributed by atoms with van der Waals surface area (Å²) in [7, 11) is 1.84. The van der Waals surface area contributed by atoms with Crippen molar-refractivity contribution in [3.05, 3.63) is 41.7 Å². The van der Waals surface area contributed by atoms with Crippen LogP contribution < -0.4 is 10.6 Å². The molecule has 2 heterocycles. The van der Waals surface area contributed by atoms with Crippen molar-refractivity contribution in [1.82, 2.24) is 20.1 Å². The van der Waals surface area contributed by atoms with Crippen LogP contribution in [0, 0.1) is 0 Å². The first-order chi connectivity index (χ1) is 12.2. The van der Waals surface area contributed by atoms with Crippen molar-refractivity contribution in [3.63, 3.8) is 0 Å². The largest absolute Gasteiger partial charge is 0.317 e. The lowest BCUT2D eigenvalue weighted by molar-refractivity contribution is -0.116. The Morgan fingerprint density at radius 3 is 2.72 bits per heavy atom. The topological polar surface area (TPSA) is 71.8 Å². The second kappa shape index (κ2) is 8.25. The van der Waals surface area contributed by atoms with Gasteiger partial charge < -0.3 is 5.32 Å². The second-order valence-corrected chi connectivity index (χ2v) is 6.71. The van der Waals surface area contributed by atoms with Crippen LogP contribution in [0.15, 0.2) is 30.3 Å². The average molecular weight is 341 g/mol. The molecule has 1 unspecified atom stereocenters. The molecule has 2 aromatic rings. The van der Waals surface area contributed by atoms with Gasteiger partial charge in [0.2, 0.25) is 11.9 Å². The number of nitrogens with zero attached hydrogens (tertiary/aromatic N) is 3. The van der Waals surface area contributed by atoms with Crippen LogP contribution in [0.25, 0.3) is 0 Å². The molecule has 1 atom stereocenters. The van der Waals surface area contributed by atoms with Gasteiger partial charge in [-0.25, -0.2) is 4.68 Å². The Bertz CT molecular complexity index is 691. The number of hydrogen-bond acceptors (Lipinski definition) is 4. The summed E-state index contributed by atoms with van der Waals surface area (Å²) in [5, 5.41) is 10.8. The number of aryl methyl sites for hydroxylation is 1. The Kier molecular flexibility index (Phi) is 5.81. The number of carbonyl (C=O) groups is 1. The molecule has 0 aliphatic carbocycles. The van der Waals surface area contributed by atoms with Crippen molar-refractivity contribution < 1.29 is 4.79 Å². The van der Waals surface area contributed by atoms with Crippen molar-refractivity contribution in [2.45, 2.75) is 44.4 Å². The lowest BCUT2D eigenvalue weighted by Crippen LogP contribution is -2.27. The number of rotatable bonds is 6. The summed E-state index contributed by atoms with van der Waals surface area (Å²) in [4.78, 5) is 17.1. The maximum Gasteiger partial charge on any atom is 0.227 e. The molecule has 1 aliphatic rings. The first kappa shape index (κ1) is 17.6. The van der Waals surface area contributed by atoms with Crippen LogP contribution in [0.5, 0.6) is 0 Å². The summed E-state index contributed by atoms with van der Waals surface area (Å²) >= 11 is 0. The smallest absolute Gasteiger partial charge is 0.227 e. The third kappa shape index (κ3) is 4.45. The van der Waals surface area contributed by atoms with E-state index in [0.29, 0.717) is 18.3 Å². The highest BCUT2D eigenvalue weighted by atomic mass is 16.1. The van der Waals surface area contributed by atoms with Gasteiger partial charge in [-0.05, 0) is 43.8 Å². The van der Waals surface area contributed by atoms with Gasteiger partial charge in [0.05, 0.1) is 0 Å². The van der Waals surface area contributed by atoms with E-state index in [4.69, 9.17) is 0 Å². The predicted octanol–water partition coefficient (Wildman–Crippen LogP) is 2.80. The maximum atomic E-state index is 12.5. The van der Waals surface area contributed by atoms with Gasteiger partial charge in [0, 0.05) is 19.4 Å². The van der Waals surface area contributed by atoms with Gasteiger partial charge in [-0.2, -0.15) is 10.1 Å². The zero-order valence-corrected chi connectivity index (χ0v) is 15.0. The third-order valence-corrected chi connectivity index (χ3v) is 4.93. The maximum absolute atomic E-state index is 12.5. The molecule has 1 fully saturated rings. The molecule has 25 heavy (non-hydrogen) atoms. The molecule has 6 heteroatoms. The average Bonchev–Trinajstić information content (AvgIpc) is 3.01. The highest BCUT2D eigenvalue weighted by molar-refractivity contribution is 5.89. The number of piperidine rings is 1. The van der Waals surface area contributed by atoms with Crippen molar-refractivity contribution in [3.8, 4) is 0 Å². The van der Waals surface area contributed by atoms with Crippen LogP contribution in [0.3, 0.4) is 0 Å². The van der Waals surface area contributed by atoms with Crippen molar-refractivity contribution in [2.75, 3.05) is 18.4 Å². The molecule has 0 bridgehead atoms. The van der Waals surface area contributed by atoms with Crippen LogP contribution in [0.4, 0.5) is 5.95 Å². The van der Waals surface area contributed by atoms with E-state index >= 15 is 0 Å². The monoisotopic (exact) mass is 341 g/mol. The molecule has 1 aliphatic heterocycles. The number of benzene rings is 1. The fraction of sp³-hybridized carbons (Fsp3) is 0.526. The van der Waals surface area contributed by atoms with E-state index in [2.05, 4.69) is 39.8 Å². The minimum atomic E-state index is -0.0111. The first-order valence-electron chi connectivity index (χ1n) is 9.13. The van der Waals surface area contributed by atoms with Crippen LogP contribution in [-0.4, -0.2) is 33.8 Å². The van der Waals surface area contributed by atoms with Crippen LogP contribution in [0.2, 0.25) is 0 Å². The van der Waals surface area contributed by atoms with Gasteiger partial charge >= 0.3 is 0 Å². The SMILES string of the molecule is CCC(CC(=O)Nc1nc(C2CCNCC2)nn1C)c1ccccc1. The van der Waals surface area contributed by atoms with Gasteiger partial charge in [-0.1, -0.05) is 37.3 Å². The fourth-order valence-corrected chi connectivity index (χ4v) is 3.39. The van der Waals surface area contributed by atoms with E-state index in [-0.39, 0.29) is 11.8 Å². The van der Waals surface area contributed by atoms with E-state index in [1.54, 1.807) is 4.68 Å². The highest BCUT2D eigenvalue weighted by Crippen LogP contribution is 2.25. The van der Waals surface area contributed by atoms with Crippen LogP contribution >= 0.6 is 0 Å². The number of amides is 1. The number of carbonyl (C=O) groups excluding carboxylic acids is 1. The normalized spacial score (nSPS) is 16.6. The Hall–Kier alpha value is -2.21. The van der Waals surface area contributed by atoms with Crippen molar-refractivity contribution in [1.29, 1.82) is 0 Å². The van der Waals surface area contributed by atoms with Gasteiger partial charge in [0.25, 0.3) is 0 Å². The summed E-state index contributed by atoms with van der Waals surface area (Å²) in [6, 6.07) is 10.2. The molecule has 1 saturated heterocycles. The summed E-state index contributed by atoms with van der Waals surface area (Å²) in [6.07, 6.45) is 3.47. The van der Waals surface area contributed by atoms with Crippen molar-refractivity contribution in [2.24, 2.45) is 7.05 Å². The summed E-state index contributed by atoms with van der Waals surface area (Å²) in [5.41, 5.74) is 1.20. The van der Waals surface area contributed by atoms with E-state index in [0.717, 1.165) is 38.2 Å². The molecule has 3 rings (SSSR count). The number of hydrogen-bond donors (Lipinski definition) is 2. The Labute approximate surface area is 149 Å². The number of anilines is 1. The van der Waals surface area contributed by atoms with E-state index in [1.165, 1.54) is 5.56 Å². The Morgan fingerprint density at radius 2 is 2.04 bits per heavy atom. The second-order valence-electron chi connectivity index (χ2n) is 6.71. The van der Waals surface area contributed by atoms with E-state index < -0.39 is 0 Å². The fourth-order valence-electron chi connectivity index (χ4n) is 3.39. The van der Waals surface area contributed by atoms with Gasteiger partial charge in [-0.3, -0.25) is 10.1 Å². The lowest BCUT2D eigenvalue weighted by Gasteiger charge is -2.19. The van der Waals surface area contributed by atoms with Crippen LogP contribution in [0.1, 0.15) is 55.8 Å². The summed E-state index contributed by atoms with van der Waals surface area (Å²) in [5.74, 6) is 1.98. The summed E-state index contributed by atoms with van der Waals surface area (Å²) < 4.78 is 1.68. The number of aromatic nitrogens is 3. The molecule has 0 saturated carbocycles. The Balaban J connectivity index is 1.63. The lowest BCUT2D eigenvalue weighted by atomic mass is 9.93. The zero-order chi connectivity index (χ0) is 17.6. The summed E-state index contributed by atoms with van der Waals surface area (Å²) in [6.45, 7) is 4.11. The molecular weight excluding hydrogens is 314 g/mol. The molecule has 1 amide bonds. The standard InChI is InChI=1S/C19H27N5O/c1-3-14(15-7-5-4-6-8-15)13-17(25)21-19-22-18(23-24(19)2)16-9-11-20-12-10-16/h4-8,14,16,20H,3,9-13H2,1-2H3,(H,21,22,23,25). The molecule has 0 spiro atoms. The predicted molar refractivity (Wildman–Crippen MR) is 98.6 cm³/mol. The van der Waals surface area contributed by atoms with Gasteiger partial charge in [0.15, 0.2) is 5.82 Å². The van der Waals surface area contributed by atoms with Gasteiger partial charge in [-0.15, -0.1) is 0 Å². The highest BCUT2D eigenvalue weighted by Gasteiger charge is 2.22.